The van der Waals surface area contributed by atoms with Crippen LogP contribution in [0.4, 0.5) is 14.9 Å². The predicted octanol–water partition coefficient (Wildman–Crippen LogP) is 3.40. The number of nitrogens with one attached hydrogen (secondary N) is 2. The van der Waals surface area contributed by atoms with Crippen LogP contribution in [0, 0.1) is 11.7 Å². The Balaban J connectivity index is 1.65. The van der Waals surface area contributed by atoms with E-state index in [1.807, 2.05) is 13.8 Å². The van der Waals surface area contributed by atoms with Crippen LogP contribution >= 0.6 is 0 Å². The number of urea groups is 1. The molecule has 4 amide bonds. The molecule has 0 saturated carbocycles. The topological polar surface area (TPSA) is 78.5 Å². The number of halogens is 1. The minimum Gasteiger partial charge on any atom is -0.334 e. The second-order valence-corrected chi connectivity index (χ2v) is 6.81. The largest absolute Gasteiger partial charge is 0.334 e. The average Bonchev–Trinajstić information content (AvgIpc) is 2.85. The summed E-state index contributed by atoms with van der Waals surface area (Å²) in [4.78, 5) is 38.1. The summed E-state index contributed by atoms with van der Waals surface area (Å²) in [6, 6.07) is 9.98. The average molecular weight is 369 g/mol. The zero-order chi connectivity index (χ0) is 19.6. The molecular weight excluding hydrogens is 349 g/mol. The van der Waals surface area contributed by atoms with E-state index in [0.29, 0.717) is 17.8 Å². The summed E-state index contributed by atoms with van der Waals surface area (Å²) in [5, 5.41) is 5.29. The van der Waals surface area contributed by atoms with Gasteiger partial charge >= 0.3 is 6.03 Å². The lowest BCUT2D eigenvalue weighted by Gasteiger charge is -2.15. The van der Waals surface area contributed by atoms with Gasteiger partial charge in [-0.1, -0.05) is 26.0 Å². The summed E-state index contributed by atoms with van der Waals surface area (Å²) < 4.78 is 12.9. The first-order valence-electron chi connectivity index (χ1n) is 8.64. The third kappa shape index (κ3) is 4.13. The fraction of sp³-hybridized carbons (Fsp3) is 0.250. The Kier molecular flexibility index (Phi) is 5.21. The minimum absolute atomic E-state index is 0.169. The van der Waals surface area contributed by atoms with Crippen molar-refractivity contribution in [3.63, 3.8) is 0 Å². The summed E-state index contributed by atoms with van der Waals surface area (Å²) in [6.45, 7) is 4.45. The summed E-state index contributed by atoms with van der Waals surface area (Å²) in [5.74, 6) is -0.829. The van der Waals surface area contributed by atoms with E-state index >= 15 is 0 Å². The Hall–Kier alpha value is -3.22. The van der Waals surface area contributed by atoms with Crippen molar-refractivity contribution in [1.82, 2.24) is 10.2 Å². The maximum atomic E-state index is 12.9. The van der Waals surface area contributed by atoms with E-state index in [1.54, 1.807) is 24.3 Å². The predicted molar refractivity (Wildman–Crippen MR) is 98.9 cm³/mol. The van der Waals surface area contributed by atoms with Crippen molar-refractivity contribution in [3.05, 3.63) is 65.0 Å². The molecule has 0 fully saturated rings. The molecule has 7 heteroatoms. The van der Waals surface area contributed by atoms with Crippen molar-refractivity contribution < 1.29 is 18.8 Å². The van der Waals surface area contributed by atoms with Crippen molar-refractivity contribution in [2.24, 2.45) is 5.92 Å². The number of nitrogens with zero attached hydrogens (tertiary/aromatic N) is 1. The molecule has 3 rings (SSSR count). The van der Waals surface area contributed by atoms with E-state index in [9.17, 15) is 18.8 Å². The number of hydrogen-bond acceptors (Lipinski definition) is 3. The zero-order valence-corrected chi connectivity index (χ0v) is 15.1. The number of anilines is 1. The molecule has 140 valence electrons. The third-order valence-corrected chi connectivity index (χ3v) is 4.14. The Morgan fingerprint density at radius 1 is 1.04 bits per heavy atom. The monoisotopic (exact) mass is 369 g/mol. The number of hydrogen-bond donors (Lipinski definition) is 2. The Labute approximate surface area is 156 Å². The van der Waals surface area contributed by atoms with Gasteiger partial charge in [-0.25, -0.2) is 9.18 Å². The highest BCUT2D eigenvalue weighted by Crippen LogP contribution is 2.26. The van der Waals surface area contributed by atoms with Crippen LogP contribution in [0.2, 0.25) is 0 Å². The van der Waals surface area contributed by atoms with Gasteiger partial charge in [0.15, 0.2) is 0 Å². The molecule has 2 N–H and O–H groups in total. The maximum absolute atomic E-state index is 12.9. The lowest BCUT2D eigenvalue weighted by Crippen LogP contribution is -2.33. The molecule has 0 bridgehead atoms. The van der Waals surface area contributed by atoms with E-state index < -0.39 is 6.03 Å². The summed E-state index contributed by atoms with van der Waals surface area (Å²) in [5.41, 5.74) is 1.80. The molecule has 27 heavy (non-hydrogen) atoms. The van der Waals surface area contributed by atoms with Gasteiger partial charge in [-0.3, -0.25) is 14.5 Å². The van der Waals surface area contributed by atoms with Gasteiger partial charge in [0.2, 0.25) is 0 Å². The Morgan fingerprint density at radius 2 is 1.70 bits per heavy atom. The van der Waals surface area contributed by atoms with E-state index in [1.165, 1.54) is 23.1 Å². The van der Waals surface area contributed by atoms with Crippen molar-refractivity contribution in [1.29, 1.82) is 0 Å². The number of carbonyl (C=O) groups excluding carboxylic acids is 3. The van der Waals surface area contributed by atoms with E-state index in [-0.39, 0.29) is 35.7 Å². The molecule has 2 aromatic carbocycles. The second-order valence-electron chi connectivity index (χ2n) is 6.81. The summed E-state index contributed by atoms with van der Waals surface area (Å²) >= 11 is 0. The highest BCUT2D eigenvalue weighted by Gasteiger charge is 2.35. The number of imide groups is 1. The number of benzene rings is 2. The van der Waals surface area contributed by atoms with Crippen LogP contribution in [0.25, 0.3) is 0 Å². The van der Waals surface area contributed by atoms with Gasteiger partial charge < -0.3 is 10.6 Å². The quantitative estimate of drug-likeness (QED) is 0.793. The number of fused-ring (bicyclic) bond motifs is 1. The molecule has 2 aromatic rings. The number of rotatable bonds is 5. The van der Waals surface area contributed by atoms with Gasteiger partial charge in [-0.2, -0.15) is 0 Å². The normalized spacial score (nSPS) is 13.1. The third-order valence-electron chi connectivity index (χ3n) is 4.14. The lowest BCUT2D eigenvalue weighted by molar-refractivity contribution is 0.0636. The second kappa shape index (κ2) is 7.57. The van der Waals surface area contributed by atoms with Gasteiger partial charge in [0.25, 0.3) is 11.8 Å². The minimum atomic E-state index is -0.463. The molecule has 1 heterocycles. The lowest BCUT2D eigenvalue weighted by atomic mass is 10.1. The first kappa shape index (κ1) is 18.6. The maximum Gasteiger partial charge on any atom is 0.319 e. The van der Waals surface area contributed by atoms with E-state index in [2.05, 4.69) is 10.6 Å². The van der Waals surface area contributed by atoms with E-state index in [0.717, 1.165) is 5.56 Å². The first-order chi connectivity index (χ1) is 12.8. The summed E-state index contributed by atoms with van der Waals surface area (Å²) in [7, 11) is 0. The fourth-order valence-corrected chi connectivity index (χ4v) is 2.86. The van der Waals surface area contributed by atoms with Crippen LogP contribution in [0.15, 0.2) is 42.5 Å². The van der Waals surface area contributed by atoms with Crippen molar-refractivity contribution in [3.8, 4) is 0 Å². The van der Waals surface area contributed by atoms with Crippen LogP contribution in [0.5, 0.6) is 0 Å². The van der Waals surface area contributed by atoms with Crippen LogP contribution in [0.1, 0.15) is 40.1 Å². The molecule has 0 radical (unpaired) electrons. The van der Waals surface area contributed by atoms with Crippen molar-refractivity contribution in [2.45, 2.75) is 20.4 Å². The number of carbonyl (C=O) groups is 3. The summed E-state index contributed by atoms with van der Waals surface area (Å²) in [6.07, 6.45) is 0. The van der Waals surface area contributed by atoms with Crippen molar-refractivity contribution in [2.75, 3.05) is 11.9 Å². The fourth-order valence-electron chi connectivity index (χ4n) is 2.86. The van der Waals surface area contributed by atoms with Gasteiger partial charge in [0, 0.05) is 18.8 Å². The SMILES string of the molecule is CC(C)CN1C(=O)c2ccc(NC(=O)NCc3ccc(F)cc3)cc2C1=O. The van der Waals surface area contributed by atoms with Crippen LogP contribution in [-0.4, -0.2) is 29.3 Å². The Bertz CT molecular complexity index is 894. The number of amides is 4. The molecular formula is C20H20FN3O3. The molecule has 0 aliphatic carbocycles. The molecule has 0 spiro atoms. The van der Waals surface area contributed by atoms with E-state index in [4.69, 9.17) is 0 Å². The molecule has 0 saturated heterocycles. The van der Waals surface area contributed by atoms with Crippen LogP contribution < -0.4 is 10.6 Å². The van der Waals surface area contributed by atoms with Gasteiger partial charge in [0.1, 0.15) is 5.82 Å². The van der Waals surface area contributed by atoms with Gasteiger partial charge in [-0.05, 0) is 41.8 Å². The van der Waals surface area contributed by atoms with Gasteiger partial charge in [0.05, 0.1) is 11.1 Å². The zero-order valence-electron chi connectivity index (χ0n) is 15.1. The molecule has 1 aliphatic rings. The highest BCUT2D eigenvalue weighted by atomic mass is 19.1. The van der Waals surface area contributed by atoms with Crippen LogP contribution in [-0.2, 0) is 6.54 Å². The highest BCUT2D eigenvalue weighted by molar-refractivity contribution is 6.21. The standard InChI is InChI=1S/C20H20FN3O3/c1-12(2)11-24-18(25)16-8-7-15(9-17(16)19(24)26)23-20(27)22-10-13-3-5-14(21)6-4-13/h3-9,12H,10-11H2,1-2H3,(H2,22,23,27). The molecule has 0 unspecified atom stereocenters. The van der Waals surface area contributed by atoms with Crippen molar-refractivity contribution >= 4 is 23.5 Å². The van der Waals surface area contributed by atoms with Gasteiger partial charge in [-0.15, -0.1) is 0 Å². The molecule has 6 nitrogen and oxygen atoms in total. The first-order valence-corrected chi connectivity index (χ1v) is 8.64. The smallest absolute Gasteiger partial charge is 0.319 e. The molecule has 0 aromatic heterocycles. The van der Waals surface area contributed by atoms with Crippen LogP contribution in [0.3, 0.4) is 0 Å². The molecule has 0 atom stereocenters. The Morgan fingerprint density at radius 3 is 2.37 bits per heavy atom. The molecule has 1 aliphatic heterocycles.